The first kappa shape index (κ1) is 15.6. The van der Waals surface area contributed by atoms with Crippen LogP contribution in [0.25, 0.3) is 22.3 Å². The van der Waals surface area contributed by atoms with Crippen LogP contribution in [0, 0.1) is 0 Å². The van der Waals surface area contributed by atoms with E-state index in [0.29, 0.717) is 10.0 Å². The molecule has 0 heterocycles. The van der Waals surface area contributed by atoms with Crippen molar-refractivity contribution < 1.29 is 9.90 Å². The summed E-state index contributed by atoms with van der Waals surface area (Å²) < 4.78 is 0. The summed E-state index contributed by atoms with van der Waals surface area (Å²) in [6.07, 6.45) is 0. The first-order valence-electron chi connectivity index (χ1n) is 6.94. The molecule has 0 aromatic heterocycles. The van der Waals surface area contributed by atoms with E-state index < -0.39 is 5.97 Å². The van der Waals surface area contributed by atoms with Crippen molar-refractivity contribution >= 4 is 29.2 Å². The second-order valence-electron chi connectivity index (χ2n) is 5.06. The van der Waals surface area contributed by atoms with Crippen molar-refractivity contribution in [3.05, 3.63) is 82.3 Å². The van der Waals surface area contributed by atoms with Crippen LogP contribution in [0.2, 0.25) is 10.0 Å². The molecule has 0 aliphatic heterocycles. The van der Waals surface area contributed by atoms with Crippen molar-refractivity contribution in [2.24, 2.45) is 0 Å². The monoisotopic (exact) mass is 342 g/mol. The number of hydrogen-bond acceptors (Lipinski definition) is 1. The zero-order valence-electron chi connectivity index (χ0n) is 12.0. The minimum atomic E-state index is -0.993. The molecule has 23 heavy (non-hydrogen) atoms. The van der Waals surface area contributed by atoms with Gasteiger partial charge in [0.15, 0.2) is 0 Å². The molecule has 2 nitrogen and oxygen atoms in total. The first-order valence-corrected chi connectivity index (χ1v) is 7.70. The molecule has 0 unspecified atom stereocenters. The zero-order valence-corrected chi connectivity index (χ0v) is 13.5. The SMILES string of the molecule is O=C(O)c1cc(-c2ccccc2Cl)cc(-c2ccccc2Cl)c1. The number of carboxylic acid groups (broad SMARTS) is 1. The van der Waals surface area contributed by atoms with Gasteiger partial charge in [-0.05, 0) is 41.5 Å². The third kappa shape index (κ3) is 3.24. The fraction of sp³-hybridized carbons (Fsp3) is 0. The number of carboxylic acids is 1. The molecule has 0 fully saturated rings. The summed E-state index contributed by atoms with van der Waals surface area (Å²) in [7, 11) is 0. The maximum atomic E-state index is 11.5. The Morgan fingerprint density at radius 1 is 0.739 bits per heavy atom. The fourth-order valence-electron chi connectivity index (χ4n) is 2.45. The van der Waals surface area contributed by atoms with Crippen LogP contribution in [-0.4, -0.2) is 11.1 Å². The van der Waals surface area contributed by atoms with Gasteiger partial charge in [0, 0.05) is 21.2 Å². The molecular weight excluding hydrogens is 331 g/mol. The molecule has 0 amide bonds. The van der Waals surface area contributed by atoms with Crippen LogP contribution in [-0.2, 0) is 0 Å². The van der Waals surface area contributed by atoms with E-state index in [9.17, 15) is 9.90 Å². The highest BCUT2D eigenvalue weighted by atomic mass is 35.5. The molecular formula is C19H12Cl2O2. The Kier molecular flexibility index (Phi) is 4.37. The van der Waals surface area contributed by atoms with Gasteiger partial charge in [-0.3, -0.25) is 0 Å². The van der Waals surface area contributed by atoms with Gasteiger partial charge in [0.05, 0.1) is 5.56 Å². The van der Waals surface area contributed by atoms with E-state index in [0.717, 1.165) is 22.3 Å². The summed E-state index contributed by atoms with van der Waals surface area (Å²) in [6.45, 7) is 0. The van der Waals surface area contributed by atoms with Gasteiger partial charge in [0.2, 0.25) is 0 Å². The molecule has 4 heteroatoms. The molecule has 3 aromatic rings. The number of hydrogen-bond donors (Lipinski definition) is 1. The molecule has 114 valence electrons. The molecule has 3 aromatic carbocycles. The van der Waals surface area contributed by atoms with Gasteiger partial charge in [-0.25, -0.2) is 4.79 Å². The van der Waals surface area contributed by atoms with Crippen molar-refractivity contribution in [3.8, 4) is 22.3 Å². The van der Waals surface area contributed by atoms with Crippen LogP contribution in [0.15, 0.2) is 66.7 Å². The lowest BCUT2D eigenvalue weighted by molar-refractivity contribution is 0.0697. The van der Waals surface area contributed by atoms with Crippen molar-refractivity contribution in [1.29, 1.82) is 0 Å². The average molecular weight is 343 g/mol. The maximum Gasteiger partial charge on any atom is 0.335 e. The second-order valence-corrected chi connectivity index (χ2v) is 5.88. The van der Waals surface area contributed by atoms with Crippen LogP contribution in [0.4, 0.5) is 0 Å². The smallest absolute Gasteiger partial charge is 0.335 e. The predicted octanol–water partition coefficient (Wildman–Crippen LogP) is 6.03. The fourth-order valence-corrected chi connectivity index (χ4v) is 2.94. The Hall–Kier alpha value is -2.29. The molecule has 0 radical (unpaired) electrons. The summed E-state index contributed by atoms with van der Waals surface area (Å²) in [5.41, 5.74) is 3.24. The van der Waals surface area contributed by atoms with E-state index in [4.69, 9.17) is 23.2 Å². The van der Waals surface area contributed by atoms with Crippen molar-refractivity contribution in [1.82, 2.24) is 0 Å². The summed E-state index contributed by atoms with van der Waals surface area (Å²) in [4.78, 5) is 11.5. The van der Waals surface area contributed by atoms with E-state index in [-0.39, 0.29) is 5.56 Å². The standard InChI is InChI=1S/C19H12Cl2O2/c20-17-7-3-1-5-15(17)12-9-13(11-14(10-12)19(22)23)16-6-2-4-8-18(16)21/h1-11H,(H,22,23). The largest absolute Gasteiger partial charge is 0.478 e. The number of aromatic carboxylic acids is 1. The Morgan fingerprint density at radius 2 is 1.17 bits per heavy atom. The van der Waals surface area contributed by atoms with Crippen molar-refractivity contribution in [2.75, 3.05) is 0 Å². The Morgan fingerprint density at radius 3 is 1.57 bits per heavy atom. The molecule has 0 spiro atoms. The number of carbonyl (C=O) groups is 1. The van der Waals surface area contributed by atoms with Gasteiger partial charge in [0.1, 0.15) is 0 Å². The highest BCUT2D eigenvalue weighted by molar-refractivity contribution is 6.34. The van der Waals surface area contributed by atoms with Gasteiger partial charge < -0.3 is 5.11 Å². The quantitative estimate of drug-likeness (QED) is 0.631. The molecule has 3 rings (SSSR count). The van der Waals surface area contributed by atoms with Crippen LogP contribution < -0.4 is 0 Å². The molecule has 0 aliphatic carbocycles. The molecule has 1 N–H and O–H groups in total. The molecule has 0 atom stereocenters. The minimum absolute atomic E-state index is 0.192. The van der Waals surface area contributed by atoms with Crippen LogP contribution >= 0.6 is 23.2 Å². The van der Waals surface area contributed by atoms with Gasteiger partial charge >= 0.3 is 5.97 Å². The Balaban J connectivity index is 2.25. The predicted molar refractivity (Wildman–Crippen MR) is 94.3 cm³/mol. The second kappa shape index (κ2) is 6.45. The normalized spacial score (nSPS) is 10.5. The van der Waals surface area contributed by atoms with Crippen molar-refractivity contribution in [2.45, 2.75) is 0 Å². The van der Waals surface area contributed by atoms with Gasteiger partial charge in [-0.2, -0.15) is 0 Å². The van der Waals surface area contributed by atoms with E-state index in [1.165, 1.54) is 0 Å². The van der Waals surface area contributed by atoms with E-state index in [2.05, 4.69) is 0 Å². The zero-order chi connectivity index (χ0) is 16.4. The van der Waals surface area contributed by atoms with Crippen molar-refractivity contribution in [3.63, 3.8) is 0 Å². The number of halogens is 2. The summed E-state index contributed by atoms with van der Waals surface area (Å²) in [5.74, 6) is -0.993. The highest BCUT2D eigenvalue weighted by Gasteiger charge is 2.12. The summed E-state index contributed by atoms with van der Waals surface area (Å²) in [6, 6.07) is 19.8. The average Bonchev–Trinajstić information content (AvgIpc) is 2.55. The molecule has 0 bridgehead atoms. The van der Waals surface area contributed by atoms with Gasteiger partial charge in [-0.1, -0.05) is 59.6 Å². The third-order valence-electron chi connectivity index (χ3n) is 3.55. The topological polar surface area (TPSA) is 37.3 Å². The molecule has 0 saturated heterocycles. The van der Waals surface area contributed by atoms with E-state index in [1.54, 1.807) is 24.3 Å². The van der Waals surface area contributed by atoms with Crippen LogP contribution in [0.1, 0.15) is 10.4 Å². The van der Waals surface area contributed by atoms with Crippen LogP contribution in [0.3, 0.4) is 0 Å². The Labute approximate surface area is 143 Å². The molecule has 0 aliphatic rings. The lowest BCUT2D eigenvalue weighted by Crippen LogP contribution is -1.98. The lowest BCUT2D eigenvalue weighted by Gasteiger charge is -2.11. The van der Waals surface area contributed by atoms with Crippen LogP contribution in [0.5, 0.6) is 0 Å². The minimum Gasteiger partial charge on any atom is -0.478 e. The third-order valence-corrected chi connectivity index (χ3v) is 4.21. The van der Waals surface area contributed by atoms with E-state index >= 15 is 0 Å². The molecule has 0 saturated carbocycles. The first-order chi connectivity index (χ1) is 11.1. The summed E-state index contributed by atoms with van der Waals surface area (Å²) >= 11 is 12.5. The summed E-state index contributed by atoms with van der Waals surface area (Å²) in [5, 5.41) is 10.5. The highest BCUT2D eigenvalue weighted by Crippen LogP contribution is 2.34. The maximum absolute atomic E-state index is 11.5. The number of benzene rings is 3. The van der Waals surface area contributed by atoms with Gasteiger partial charge in [0.25, 0.3) is 0 Å². The van der Waals surface area contributed by atoms with E-state index in [1.807, 2.05) is 42.5 Å². The number of rotatable bonds is 3. The Bertz CT molecular complexity index is 824. The lowest BCUT2D eigenvalue weighted by atomic mass is 9.96. The van der Waals surface area contributed by atoms with Gasteiger partial charge in [-0.15, -0.1) is 0 Å².